The van der Waals surface area contributed by atoms with E-state index in [1.54, 1.807) is 11.8 Å². The smallest absolute Gasteiger partial charge is 0.131 e. The number of rotatable bonds is 2. The molecule has 0 spiro atoms. The van der Waals surface area contributed by atoms with E-state index in [4.69, 9.17) is 0 Å². The fraction of sp³-hybridized carbons (Fsp3) is 0.188. The average Bonchev–Trinajstić information content (AvgIpc) is 2.44. The Morgan fingerprint density at radius 3 is 2.67 bits per heavy atom. The van der Waals surface area contributed by atoms with Crippen LogP contribution in [-0.2, 0) is 11.2 Å². The maximum atomic E-state index is 11.5. The van der Waals surface area contributed by atoms with Crippen molar-refractivity contribution in [3.63, 3.8) is 0 Å². The van der Waals surface area contributed by atoms with Crippen molar-refractivity contribution in [1.82, 2.24) is 0 Å². The lowest BCUT2D eigenvalue weighted by Gasteiger charge is -2.25. The highest BCUT2D eigenvalue weighted by atomic mass is 32.2. The van der Waals surface area contributed by atoms with Gasteiger partial charge in [-0.25, -0.2) is 0 Å². The second kappa shape index (κ2) is 4.62. The third-order valence-corrected chi connectivity index (χ3v) is 4.74. The Balaban J connectivity index is 2.23. The van der Waals surface area contributed by atoms with Gasteiger partial charge in [0.25, 0.3) is 0 Å². The number of carbonyl (C=O) groups excluding carboxylic acids is 1. The molecule has 0 aromatic heterocycles. The van der Waals surface area contributed by atoms with E-state index in [0.717, 1.165) is 23.8 Å². The monoisotopic (exact) mass is 254 g/mol. The first-order valence-corrected chi connectivity index (χ1v) is 7.00. The molecule has 1 aliphatic rings. The summed E-state index contributed by atoms with van der Waals surface area (Å²) in [7, 11) is 0. The number of aryl methyl sites for hydroxylation is 1. The fourth-order valence-corrected chi connectivity index (χ4v) is 3.84. The predicted molar refractivity (Wildman–Crippen MR) is 74.3 cm³/mol. The highest BCUT2D eigenvalue weighted by molar-refractivity contribution is 7.99. The molecule has 0 radical (unpaired) electrons. The molecule has 1 nitrogen and oxygen atoms in total. The number of fused-ring (bicyclic) bond motifs is 2. The summed E-state index contributed by atoms with van der Waals surface area (Å²) in [5.41, 5.74) is 3.63. The largest absolute Gasteiger partial charge is 0.302 e. The Kier molecular flexibility index (Phi) is 2.96. The molecule has 1 unspecified atom stereocenters. The van der Waals surface area contributed by atoms with Crippen LogP contribution < -0.4 is 0 Å². The van der Waals surface area contributed by atoms with E-state index < -0.39 is 0 Å². The lowest BCUT2D eigenvalue weighted by Crippen LogP contribution is -2.10. The Morgan fingerprint density at radius 1 is 1.11 bits per heavy atom. The number of benzene rings is 2. The first-order valence-electron chi connectivity index (χ1n) is 6.19. The Bertz CT molecular complexity index is 604. The number of aldehydes is 1. The molecule has 0 saturated heterocycles. The summed E-state index contributed by atoms with van der Waals surface area (Å²) >= 11 is 1.79. The molecule has 1 aliphatic heterocycles. The van der Waals surface area contributed by atoms with Crippen LogP contribution in [0.5, 0.6) is 0 Å². The van der Waals surface area contributed by atoms with Gasteiger partial charge in [-0.3, -0.25) is 0 Å². The van der Waals surface area contributed by atoms with Crippen molar-refractivity contribution < 1.29 is 4.79 Å². The molecule has 0 N–H and O–H groups in total. The third kappa shape index (κ3) is 1.68. The summed E-state index contributed by atoms with van der Waals surface area (Å²) in [6.45, 7) is 2.16. The zero-order valence-electron chi connectivity index (χ0n) is 10.2. The van der Waals surface area contributed by atoms with Crippen molar-refractivity contribution in [3.05, 3.63) is 59.2 Å². The van der Waals surface area contributed by atoms with Crippen LogP contribution in [0.3, 0.4) is 0 Å². The number of hydrogen-bond donors (Lipinski definition) is 0. The lowest BCUT2D eigenvalue weighted by molar-refractivity contribution is -0.108. The van der Waals surface area contributed by atoms with Crippen molar-refractivity contribution in [2.45, 2.75) is 29.1 Å². The van der Waals surface area contributed by atoms with Gasteiger partial charge in [0.15, 0.2) is 0 Å². The molecule has 2 aromatic rings. The van der Waals surface area contributed by atoms with Crippen LogP contribution in [-0.4, -0.2) is 6.29 Å². The first kappa shape index (κ1) is 11.5. The molecule has 1 atom stereocenters. The Morgan fingerprint density at radius 2 is 1.89 bits per heavy atom. The maximum Gasteiger partial charge on any atom is 0.131 e. The minimum absolute atomic E-state index is 0.107. The van der Waals surface area contributed by atoms with Gasteiger partial charge in [0.2, 0.25) is 0 Å². The van der Waals surface area contributed by atoms with E-state index in [2.05, 4.69) is 37.3 Å². The molecular weight excluding hydrogens is 240 g/mol. The third-order valence-electron chi connectivity index (χ3n) is 3.45. The van der Waals surface area contributed by atoms with E-state index >= 15 is 0 Å². The zero-order chi connectivity index (χ0) is 12.5. The zero-order valence-corrected chi connectivity index (χ0v) is 11.0. The first-order chi connectivity index (χ1) is 8.85. The highest BCUT2D eigenvalue weighted by Gasteiger charge is 2.26. The van der Waals surface area contributed by atoms with Crippen LogP contribution in [0, 0.1) is 0 Å². The van der Waals surface area contributed by atoms with Gasteiger partial charge in [-0.05, 0) is 29.2 Å². The van der Waals surface area contributed by atoms with E-state index in [1.807, 2.05) is 12.1 Å². The number of carbonyl (C=O) groups is 1. The molecule has 0 saturated carbocycles. The molecule has 0 bridgehead atoms. The second-order valence-electron chi connectivity index (χ2n) is 4.44. The van der Waals surface area contributed by atoms with Crippen LogP contribution in [0.4, 0.5) is 0 Å². The van der Waals surface area contributed by atoms with E-state index in [9.17, 15) is 4.79 Å². The van der Waals surface area contributed by atoms with Crippen LogP contribution in [0.1, 0.15) is 29.5 Å². The quantitative estimate of drug-likeness (QED) is 0.752. The summed E-state index contributed by atoms with van der Waals surface area (Å²) in [4.78, 5) is 14.0. The van der Waals surface area contributed by atoms with Gasteiger partial charge in [0.05, 0.1) is 5.92 Å². The predicted octanol–water partition coefficient (Wildman–Crippen LogP) is 4.04. The molecule has 0 aliphatic carbocycles. The molecule has 3 rings (SSSR count). The Hall–Kier alpha value is -1.54. The summed E-state index contributed by atoms with van der Waals surface area (Å²) < 4.78 is 0. The Labute approximate surface area is 111 Å². The van der Waals surface area contributed by atoms with Gasteiger partial charge in [-0.15, -0.1) is 0 Å². The minimum atomic E-state index is -0.107. The number of hydrogen-bond acceptors (Lipinski definition) is 2. The van der Waals surface area contributed by atoms with Crippen LogP contribution in [0.15, 0.2) is 52.3 Å². The maximum absolute atomic E-state index is 11.5. The van der Waals surface area contributed by atoms with Gasteiger partial charge in [-0.1, -0.05) is 55.1 Å². The van der Waals surface area contributed by atoms with Gasteiger partial charge < -0.3 is 4.79 Å². The van der Waals surface area contributed by atoms with Crippen molar-refractivity contribution >= 4 is 18.0 Å². The summed E-state index contributed by atoms with van der Waals surface area (Å²) in [6, 6.07) is 14.5. The van der Waals surface area contributed by atoms with Gasteiger partial charge >= 0.3 is 0 Å². The highest BCUT2D eigenvalue weighted by Crippen LogP contribution is 2.46. The summed E-state index contributed by atoms with van der Waals surface area (Å²) in [5, 5.41) is 0. The van der Waals surface area contributed by atoms with Crippen LogP contribution in [0.25, 0.3) is 0 Å². The van der Waals surface area contributed by atoms with Crippen molar-refractivity contribution in [3.8, 4) is 0 Å². The fourth-order valence-electron chi connectivity index (χ4n) is 2.51. The molecule has 90 valence electrons. The topological polar surface area (TPSA) is 17.1 Å². The summed E-state index contributed by atoms with van der Waals surface area (Å²) in [5.74, 6) is -0.107. The van der Waals surface area contributed by atoms with Gasteiger partial charge in [0.1, 0.15) is 6.29 Å². The van der Waals surface area contributed by atoms with Crippen molar-refractivity contribution in [1.29, 1.82) is 0 Å². The second-order valence-corrected chi connectivity index (χ2v) is 5.49. The standard InChI is InChI=1S/C16H14OS/c1-2-11-6-5-8-13-14(10-17)12-7-3-4-9-15(12)18-16(11)13/h3-10,14H,2H2,1H3. The molecule has 0 amide bonds. The minimum Gasteiger partial charge on any atom is -0.302 e. The van der Waals surface area contributed by atoms with E-state index in [-0.39, 0.29) is 5.92 Å². The van der Waals surface area contributed by atoms with E-state index in [0.29, 0.717) is 0 Å². The van der Waals surface area contributed by atoms with Crippen LogP contribution in [0.2, 0.25) is 0 Å². The van der Waals surface area contributed by atoms with Crippen LogP contribution >= 0.6 is 11.8 Å². The molecule has 0 fully saturated rings. The normalized spacial score (nSPS) is 16.8. The molecule has 18 heavy (non-hydrogen) atoms. The molecular formula is C16H14OS. The van der Waals surface area contributed by atoms with E-state index in [1.165, 1.54) is 15.4 Å². The summed E-state index contributed by atoms with van der Waals surface area (Å²) in [6.07, 6.45) is 2.07. The van der Waals surface area contributed by atoms with Gasteiger partial charge in [0, 0.05) is 9.79 Å². The van der Waals surface area contributed by atoms with Crippen molar-refractivity contribution in [2.75, 3.05) is 0 Å². The molecule has 1 heterocycles. The average molecular weight is 254 g/mol. The lowest BCUT2D eigenvalue weighted by atomic mass is 9.90. The molecule has 2 heteroatoms. The van der Waals surface area contributed by atoms with Crippen molar-refractivity contribution in [2.24, 2.45) is 0 Å². The SMILES string of the molecule is CCc1cccc2c1Sc1ccccc1C2C=O. The van der Waals surface area contributed by atoms with Gasteiger partial charge in [-0.2, -0.15) is 0 Å². The molecule has 2 aromatic carbocycles.